The number of hydrogen-bond donors (Lipinski definition) is 0. The molecule has 0 N–H and O–H groups in total. The Morgan fingerprint density at radius 1 is 1.53 bits per heavy atom. The predicted octanol–water partition coefficient (Wildman–Crippen LogP) is 1.70. The van der Waals surface area contributed by atoms with E-state index in [1.165, 1.54) is 10.6 Å². The summed E-state index contributed by atoms with van der Waals surface area (Å²) in [6.07, 6.45) is 0. The highest BCUT2D eigenvalue weighted by Gasteiger charge is 2.10. The van der Waals surface area contributed by atoms with Gasteiger partial charge in [0, 0.05) is 11.1 Å². The molecule has 1 aromatic carbocycles. The van der Waals surface area contributed by atoms with Crippen LogP contribution in [-0.4, -0.2) is 10.5 Å². The minimum Gasteiger partial charge on any atom is -0.425 e. The SMILES string of the molecule is Cc1csc(=O)n1CC(=O)Oc1cccc(C#N)c1. The molecule has 0 spiro atoms. The zero-order valence-electron chi connectivity index (χ0n) is 10.1. The Labute approximate surface area is 113 Å². The number of rotatable bonds is 3. The van der Waals surface area contributed by atoms with Gasteiger partial charge in [0.05, 0.1) is 11.6 Å². The molecule has 96 valence electrons. The van der Waals surface area contributed by atoms with E-state index < -0.39 is 5.97 Å². The minimum absolute atomic E-state index is 0.134. The van der Waals surface area contributed by atoms with Gasteiger partial charge in [-0.2, -0.15) is 5.26 Å². The molecule has 0 saturated carbocycles. The molecule has 5 nitrogen and oxygen atoms in total. The number of esters is 1. The van der Waals surface area contributed by atoms with Crippen LogP contribution in [0, 0.1) is 18.3 Å². The van der Waals surface area contributed by atoms with Gasteiger partial charge in [-0.15, -0.1) is 0 Å². The number of nitriles is 1. The smallest absolute Gasteiger partial charge is 0.331 e. The fraction of sp³-hybridized carbons (Fsp3) is 0.154. The molecule has 0 aliphatic heterocycles. The van der Waals surface area contributed by atoms with Crippen LogP contribution in [-0.2, 0) is 11.3 Å². The van der Waals surface area contributed by atoms with E-state index in [0.29, 0.717) is 11.3 Å². The standard InChI is InChI=1S/C13H10N2O3S/c1-9-8-19-13(17)15(9)7-12(16)18-11-4-2-3-10(5-11)6-14/h2-5,8H,7H2,1H3. The highest BCUT2D eigenvalue weighted by molar-refractivity contribution is 7.07. The van der Waals surface area contributed by atoms with Gasteiger partial charge in [-0.25, -0.2) is 4.79 Å². The van der Waals surface area contributed by atoms with E-state index in [9.17, 15) is 9.59 Å². The second-order valence-electron chi connectivity index (χ2n) is 3.84. The zero-order valence-corrected chi connectivity index (χ0v) is 10.9. The quantitative estimate of drug-likeness (QED) is 0.630. The number of nitrogens with zero attached hydrogens (tertiary/aromatic N) is 2. The topological polar surface area (TPSA) is 72.1 Å². The van der Waals surface area contributed by atoms with Crippen LogP contribution < -0.4 is 9.61 Å². The molecular formula is C13H10N2O3S. The first-order chi connectivity index (χ1) is 9.10. The fourth-order valence-electron chi connectivity index (χ4n) is 1.52. The van der Waals surface area contributed by atoms with E-state index in [1.807, 2.05) is 6.07 Å². The van der Waals surface area contributed by atoms with Crippen LogP contribution in [0.2, 0.25) is 0 Å². The monoisotopic (exact) mass is 274 g/mol. The average molecular weight is 274 g/mol. The van der Waals surface area contributed by atoms with Crippen molar-refractivity contribution in [2.75, 3.05) is 0 Å². The molecular weight excluding hydrogens is 264 g/mol. The summed E-state index contributed by atoms with van der Waals surface area (Å²) < 4.78 is 6.44. The van der Waals surface area contributed by atoms with Gasteiger partial charge in [0.1, 0.15) is 12.3 Å². The number of thiazole rings is 1. The van der Waals surface area contributed by atoms with Crippen molar-refractivity contribution in [3.05, 3.63) is 50.6 Å². The number of hydrogen-bond acceptors (Lipinski definition) is 5. The van der Waals surface area contributed by atoms with E-state index in [-0.39, 0.29) is 11.4 Å². The lowest BCUT2D eigenvalue weighted by Crippen LogP contribution is -2.23. The first kappa shape index (κ1) is 13.1. The Morgan fingerprint density at radius 2 is 2.32 bits per heavy atom. The molecule has 19 heavy (non-hydrogen) atoms. The lowest BCUT2D eigenvalue weighted by molar-refractivity contribution is -0.135. The van der Waals surface area contributed by atoms with Crippen LogP contribution in [0.5, 0.6) is 5.75 Å². The third-order valence-corrected chi connectivity index (χ3v) is 3.34. The Hall–Kier alpha value is -2.39. The van der Waals surface area contributed by atoms with Crippen molar-refractivity contribution < 1.29 is 9.53 Å². The number of benzene rings is 1. The summed E-state index contributed by atoms with van der Waals surface area (Å²) in [7, 11) is 0. The van der Waals surface area contributed by atoms with Crippen LogP contribution in [0.4, 0.5) is 0 Å². The molecule has 0 atom stereocenters. The van der Waals surface area contributed by atoms with Crippen LogP contribution >= 0.6 is 11.3 Å². The normalized spacial score (nSPS) is 9.89. The summed E-state index contributed by atoms with van der Waals surface area (Å²) in [5, 5.41) is 10.4. The average Bonchev–Trinajstić information content (AvgIpc) is 2.71. The Bertz CT molecular complexity index is 709. The molecule has 2 rings (SSSR count). The summed E-state index contributed by atoms with van der Waals surface area (Å²) in [5.74, 6) is -0.247. The molecule has 0 amide bonds. The summed E-state index contributed by atoms with van der Waals surface area (Å²) >= 11 is 1.04. The summed E-state index contributed by atoms with van der Waals surface area (Å²) in [6, 6.07) is 8.26. The fourth-order valence-corrected chi connectivity index (χ4v) is 2.25. The zero-order chi connectivity index (χ0) is 13.8. The molecule has 2 aromatic rings. The van der Waals surface area contributed by atoms with Crippen molar-refractivity contribution in [3.63, 3.8) is 0 Å². The third kappa shape index (κ3) is 3.09. The maximum Gasteiger partial charge on any atom is 0.331 e. The lowest BCUT2D eigenvalue weighted by Gasteiger charge is -2.06. The van der Waals surface area contributed by atoms with Crippen LogP contribution in [0.3, 0.4) is 0 Å². The van der Waals surface area contributed by atoms with Gasteiger partial charge >= 0.3 is 10.8 Å². The minimum atomic E-state index is -0.543. The van der Waals surface area contributed by atoms with Gasteiger partial charge in [0.25, 0.3) is 0 Å². The number of ether oxygens (including phenoxy) is 1. The maximum absolute atomic E-state index is 11.7. The molecule has 0 saturated heterocycles. The molecule has 0 fully saturated rings. The van der Waals surface area contributed by atoms with Crippen molar-refractivity contribution in [2.45, 2.75) is 13.5 Å². The van der Waals surface area contributed by atoms with Crippen molar-refractivity contribution in [1.29, 1.82) is 5.26 Å². The van der Waals surface area contributed by atoms with Crippen molar-refractivity contribution >= 4 is 17.3 Å². The van der Waals surface area contributed by atoms with Crippen LogP contribution in [0.25, 0.3) is 0 Å². The number of aromatic nitrogens is 1. The second-order valence-corrected chi connectivity index (χ2v) is 4.66. The Morgan fingerprint density at radius 3 is 2.95 bits per heavy atom. The highest BCUT2D eigenvalue weighted by Crippen LogP contribution is 2.13. The summed E-state index contributed by atoms with van der Waals surface area (Å²) in [5.41, 5.74) is 1.13. The number of carbonyl (C=O) groups excluding carboxylic acids is 1. The van der Waals surface area contributed by atoms with Crippen LogP contribution in [0.15, 0.2) is 34.4 Å². The van der Waals surface area contributed by atoms with Crippen LogP contribution in [0.1, 0.15) is 11.3 Å². The summed E-state index contributed by atoms with van der Waals surface area (Å²) in [6.45, 7) is 1.62. The van der Waals surface area contributed by atoms with Gasteiger partial charge in [-0.05, 0) is 25.1 Å². The number of aryl methyl sites for hydroxylation is 1. The van der Waals surface area contributed by atoms with Gasteiger partial charge < -0.3 is 4.74 Å². The molecule has 0 unspecified atom stereocenters. The van der Waals surface area contributed by atoms with Crippen molar-refractivity contribution in [3.8, 4) is 11.8 Å². The lowest BCUT2D eigenvalue weighted by atomic mass is 10.2. The van der Waals surface area contributed by atoms with Crippen molar-refractivity contribution in [1.82, 2.24) is 4.57 Å². The van der Waals surface area contributed by atoms with E-state index in [2.05, 4.69) is 0 Å². The first-order valence-corrected chi connectivity index (χ1v) is 6.34. The van der Waals surface area contributed by atoms with Gasteiger partial charge in [-0.3, -0.25) is 9.36 Å². The largest absolute Gasteiger partial charge is 0.425 e. The van der Waals surface area contributed by atoms with E-state index in [4.69, 9.17) is 10.00 Å². The van der Waals surface area contributed by atoms with Gasteiger partial charge in [0.15, 0.2) is 0 Å². The van der Waals surface area contributed by atoms with E-state index in [1.54, 1.807) is 30.5 Å². The molecule has 0 aliphatic carbocycles. The Kier molecular flexibility index (Phi) is 3.78. The van der Waals surface area contributed by atoms with Crippen molar-refractivity contribution in [2.24, 2.45) is 0 Å². The van der Waals surface area contributed by atoms with E-state index >= 15 is 0 Å². The molecule has 0 aliphatic rings. The maximum atomic E-state index is 11.7. The van der Waals surface area contributed by atoms with Gasteiger partial charge in [-0.1, -0.05) is 17.4 Å². The second kappa shape index (κ2) is 5.50. The molecule has 1 heterocycles. The first-order valence-electron chi connectivity index (χ1n) is 5.46. The van der Waals surface area contributed by atoms with Gasteiger partial charge in [0.2, 0.25) is 0 Å². The molecule has 0 radical (unpaired) electrons. The third-order valence-electron chi connectivity index (χ3n) is 2.46. The molecule has 6 heteroatoms. The highest BCUT2D eigenvalue weighted by atomic mass is 32.1. The Balaban J connectivity index is 2.10. The summed E-state index contributed by atoms with van der Waals surface area (Å²) in [4.78, 5) is 23.0. The predicted molar refractivity (Wildman–Crippen MR) is 70.1 cm³/mol. The molecule has 0 bridgehead atoms. The molecule has 1 aromatic heterocycles. The number of carbonyl (C=O) groups is 1. The van der Waals surface area contributed by atoms with E-state index in [0.717, 1.165) is 17.0 Å².